The first-order valence-electron chi connectivity index (χ1n) is 5.16. The highest BCUT2D eigenvalue weighted by Gasteiger charge is 2.21. The number of allylic oxidation sites excluding steroid dienone is 4. The van der Waals surface area contributed by atoms with Crippen molar-refractivity contribution in [2.75, 3.05) is 0 Å². The summed E-state index contributed by atoms with van der Waals surface area (Å²) < 4.78 is 0. The number of hydrogen-bond acceptors (Lipinski definition) is 1. The molecule has 0 bridgehead atoms. The van der Waals surface area contributed by atoms with Crippen molar-refractivity contribution in [3.63, 3.8) is 0 Å². The Morgan fingerprint density at radius 3 is 2.92 bits per heavy atom. The normalized spacial score (nSPS) is 23.1. The molecule has 72 valence electrons. The lowest BCUT2D eigenvalue weighted by Gasteiger charge is -2.09. The zero-order valence-corrected chi connectivity index (χ0v) is 8.71. The van der Waals surface area contributed by atoms with E-state index < -0.39 is 0 Å². The van der Waals surface area contributed by atoms with Gasteiger partial charge in [-0.15, -0.1) is 0 Å². The highest BCUT2D eigenvalue weighted by molar-refractivity contribution is 5.38. The molecule has 0 N–H and O–H groups in total. The molecule has 0 aromatic rings. The minimum Gasteiger partial charge on any atom is -0.269 e. The molecule has 1 nitrogen and oxygen atoms in total. The highest BCUT2D eigenvalue weighted by Crippen LogP contribution is 2.36. The molecule has 1 unspecified atom stereocenters. The Hall–Kier alpha value is -0.850. The van der Waals surface area contributed by atoms with E-state index in [0.717, 1.165) is 12.3 Å². The highest BCUT2D eigenvalue weighted by atomic mass is 14.7. The van der Waals surface area contributed by atoms with Crippen molar-refractivity contribution in [2.24, 2.45) is 10.9 Å². The standard InChI is InChI=1S/C12H19N/c1-4-6-10-8-9-12(13-3)11(10)7-5-2/h5,7,10H,3-4,6,8-9H2,1-2H3/b7-5-. The van der Waals surface area contributed by atoms with Gasteiger partial charge in [0.15, 0.2) is 0 Å². The third-order valence-corrected chi connectivity index (χ3v) is 2.68. The molecule has 0 amide bonds. The lowest BCUT2D eigenvalue weighted by atomic mass is 9.96. The molecule has 0 fully saturated rings. The summed E-state index contributed by atoms with van der Waals surface area (Å²) in [5.74, 6) is 0.738. The van der Waals surface area contributed by atoms with E-state index >= 15 is 0 Å². The van der Waals surface area contributed by atoms with Crippen LogP contribution in [0.5, 0.6) is 0 Å². The molecular weight excluding hydrogens is 158 g/mol. The average molecular weight is 177 g/mol. The summed E-state index contributed by atoms with van der Waals surface area (Å²) in [4.78, 5) is 4.10. The van der Waals surface area contributed by atoms with Crippen molar-refractivity contribution in [3.05, 3.63) is 23.4 Å². The lowest BCUT2D eigenvalue weighted by molar-refractivity contribution is 0.553. The Morgan fingerprint density at radius 1 is 1.62 bits per heavy atom. The lowest BCUT2D eigenvalue weighted by Crippen LogP contribution is -1.96. The molecule has 1 rings (SSSR count). The van der Waals surface area contributed by atoms with Crippen LogP contribution in [0.15, 0.2) is 28.4 Å². The third-order valence-electron chi connectivity index (χ3n) is 2.68. The molecule has 1 atom stereocenters. The monoisotopic (exact) mass is 177 g/mol. The van der Waals surface area contributed by atoms with Crippen molar-refractivity contribution < 1.29 is 0 Å². The summed E-state index contributed by atoms with van der Waals surface area (Å²) >= 11 is 0. The van der Waals surface area contributed by atoms with E-state index in [9.17, 15) is 0 Å². The van der Waals surface area contributed by atoms with Crippen LogP contribution in [0.25, 0.3) is 0 Å². The fourth-order valence-corrected chi connectivity index (χ4v) is 2.08. The van der Waals surface area contributed by atoms with Gasteiger partial charge in [-0.05, 0) is 44.4 Å². The van der Waals surface area contributed by atoms with Crippen LogP contribution < -0.4 is 0 Å². The second kappa shape index (κ2) is 5.00. The fourth-order valence-electron chi connectivity index (χ4n) is 2.08. The van der Waals surface area contributed by atoms with Crippen molar-refractivity contribution in [2.45, 2.75) is 39.5 Å². The van der Waals surface area contributed by atoms with Crippen LogP contribution in [0.2, 0.25) is 0 Å². The topological polar surface area (TPSA) is 12.4 Å². The molecule has 0 radical (unpaired) electrons. The molecule has 0 saturated carbocycles. The average Bonchev–Trinajstić information content (AvgIpc) is 2.50. The summed E-state index contributed by atoms with van der Waals surface area (Å²) in [7, 11) is 0. The van der Waals surface area contributed by atoms with Crippen LogP contribution in [0.1, 0.15) is 39.5 Å². The van der Waals surface area contributed by atoms with E-state index in [1.807, 2.05) is 0 Å². The minimum absolute atomic E-state index is 0.738. The predicted octanol–water partition coefficient (Wildman–Crippen LogP) is 3.73. The molecule has 0 aromatic carbocycles. The minimum atomic E-state index is 0.738. The number of aliphatic imine (C=N–C) groups is 1. The Morgan fingerprint density at radius 2 is 2.38 bits per heavy atom. The molecule has 0 saturated heterocycles. The van der Waals surface area contributed by atoms with Crippen LogP contribution in [-0.4, -0.2) is 6.72 Å². The van der Waals surface area contributed by atoms with Gasteiger partial charge in [0.1, 0.15) is 0 Å². The first kappa shape index (κ1) is 10.2. The molecule has 1 aliphatic carbocycles. The SMILES string of the molecule is C=NC1=C(/C=C\C)C(CCC)CC1. The van der Waals surface area contributed by atoms with E-state index in [2.05, 4.69) is 37.7 Å². The van der Waals surface area contributed by atoms with Crippen molar-refractivity contribution >= 4 is 6.72 Å². The Bertz CT molecular complexity index is 236. The van der Waals surface area contributed by atoms with Gasteiger partial charge < -0.3 is 0 Å². The summed E-state index contributed by atoms with van der Waals surface area (Å²) in [6, 6.07) is 0. The second-order valence-electron chi connectivity index (χ2n) is 3.58. The van der Waals surface area contributed by atoms with E-state index in [1.54, 1.807) is 0 Å². The fraction of sp³-hybridized carbons (Fsp3) is 0.583. The van der Waals surface area contributed by atoms with Crippen LogP contribution in [0.3, 0.4) is 0 Å². The van der Waals surface area contributed by atoms with E-state index in [4.69, 9.17) is 0 Å². The van der Waals surface area contributed by atoms with Crippen molar-refractivity contribution in [1.82, 2.24) is 0 Å². The quantitative estimate of drug-likeness (QED) is 0.580. The summed E-state index contributed by atoms with van der Waals surface area (Å²) in [6.45, 7) is 7.94. The van der Waals surface area contributed by atoms with Gasteiger partial charge in [-0.1, -0.05) is 25.5 Å². The van der Waals surface area contributed by atoms with Crippen LogP contribution in [-0.2, 0) is 0 Å². The Labute approximate surface area is 81.3 Å². The van der Waals surface area contributed by atoms with Gasteiger partial charge in [0.2, 0.25) is 0 Å². The maximum atomic E-state index is 4.10. The van der Waals surface area contributed by atoms with E-state index in [1.165, 1.54) is 30.5 Å². The summed E-state index contributed by atoms with van der Waals surface area (Å²) in [6.07, 6.45) is 9.25. The largest absolute Gasteiger partial charge is 0.269 e. The molecule has 0 aromatic heterocycles. The van der Waals surface area contributed by atoms with Gasteiger partial charge in [-0.3, -0.25) is 4.99 Å². The zero-order chi connectivity index (χ0) is 9.68. The Balaban J connectivity index is 2.80. The summed E-state index contributed by atoms with van der Waals surface area (Å²) in [5, 5.41) is 0. The molecule has 13 heavy (non-hydrogen) atoms. The maximum absolute atomic E-state index is 4.10. The predicted molar refractivity (Wildman–Crippen MR) is 59.0 cm³/mol. The van der Waals surface area contributed by atoms with Crippen molar-refractivity contribution in [1.29, 1.82) is 0 Å². The van der Waals surface area contributed by atoms with Crippen LogP contribution in [0.4, 0.5) is 0 Å². The molecule has 1 heteroatoms. The van der Waals surface area contributed by atoms with Gasteiger partial charge in [0.25, 0.3) is 0 Å². The van der Waals surface area contributed by atoms with E-state index in [-0.39, 0.29) is 0 Å². The number of rotatable bonds is 4. The van der Waals surface area contributed by atoms with Gasteiger partial charge in [-0.25, -0.2) is 0 Å². The number of hydrogen-bond donors (Lipinski definition) is 0. The van der Waals surface area contributed by atoms with Gasteiger partial charge in [-0.2, -0.15) is 0 Å². The first-order valence-corrected chi connectivity index (χ1v) is 5.16. The summed E-state index contributed by atoms with van der Waals surface area (Å²) in [5.41, 5.74) is 2.65. The first-order chi connectivity index (χ1) is 6.33. The van der Waals surface area contributed by atoms with Crippen LogP contribution >= 0.6 is 0 Å². The Kier molecular flexibility index (Phi) is 3.94. The van der Waals surface area contributed by atoms with E-state index in [0.29, 0.717) is 0 Å². The molecule has 0 spiro atoms. The smallest absolute Gasteiger partial charge is 0.0431 e. The second-order valence-corrected chi connectivity index (χ2v) is 3.58. The van der Waals surface area contributed by atoms with Crippen LogP contribution in [0, 0.1) is 5.92 Å². The molecule has 0 aliphatic heterocycles. The third kappa shape index (κ3) is 2.30. The van der Waals surface area contributed by atoms with Gasteiger partial charge >= 0.3 is 0 Å². The molecule has 1 aliphatic rings. The van der Waals surface area contributed by atoms with Crippen molar-refractivity contribution in [3.8, 4) is 0 Å². The molecular formula is C12H19N. The maximum Gasteiger partial charge on any atom is 0.0431 e. The zero-order valence-electron chi connectivity index (χ0n) is 8.71. The van der Waals surface area contributed by atoms with Gasteiger partial charge in [0.05, 0.1) is 0 Å². The number of nitrogens with zero attached hydrogens (tertiary/aromatic N) is 1. The van der Waals surface area contributed by atoms with Gasteiger partial charge in [0, 0.05) is 5.70 Å². The molecule has 0 heterocycles.